The van der Waals surface area contributed by atoms with Gasteiger partial charge in [-0.15, -0.1) is 0 Å². The summed E-state index contributed by atoms with van der Waals surface area (Å²) in [4.78, 5) is 30.2. The summed E-state index contributed by atoms with van der Waals surface area (Å²) < 4.78 is 42.2. The number of fused-ring (bicyclic) bond motifs is 1. The normalized spacial score (nSPS) is 15.2. The van der Waals surface area contributed by atoms with E-state index < -0.39 is 17.2 Å². The van der Waals surface area contributed by atoms with Crippen LogP contribution in [0.4, 0.5) is 8.78 Å². The predicted molar refractivity (Wildman–Crippen MR) is 238 cm³/mol. The van der Waals surface area contributed by atoms with Gasteiger partial charge >= 0.3 is 0 Å². The van der Waals surface area contributed by atoms with Crippen LogP contribution in [-0.4, -0.2) is 60.8 Å². The lowest BCUT2D eigenvalue weighted by atomic mass is 9.73. The van der Waals surface area contributed by atoms with Crippen molar-refractivity contribution in [1.29, 1.82) is 0 Å². The number of hydrogen-bond donors (Lipinski definition) is 2. The number of benzene rings is 5. The van der Waals surface area contributed by atoms with Gasteiger partial charge < -0.3 is 9.47 Å². The number of carbonyl (C=O) groups is 1. The Morgan fingerprint density at radius 1 is 0.921 bits per heavy atom. The number of ether oxygens (including phenoxy) is 2. The Bertz CT molecular complexity index is 3070. The Balaban J connectivity index is 0.804. The van der Waals surface area contributed by atoms with E-state index in [0.29, 0.717) is 65.7 Å². The zero-order valence-electron chi connectivity index (χ0n) is 34.5. The maximum atomic E-state index is 14.7. The third-order valence-corrected chi connectivity index (χ3v) is 12.0. The van der Waals surface area contributed by atoms with Crippen LogP contribution in [-0.2, 0) is 29.4 Å². The Morgan fingerprint density at radius 2 is 1.73 bits per heavy atom. The number of ketones is 1. The molecule has 11 nitrogen and oxygen atoms in total. The molecule has 5 aromatic carbocycles. The molecule has 0 amide bonds. The van der Waals surface area contributed by atoms with E-state index in [1.54, 1.807) is 16.9 Å². The monoisotopic (exact) mass is 865 g/mol. The molecule has 8 aromatic rings. The molecule has 0 fully saturated rings. The largest absolute Gasteiger partial charge is 0.494 e. The SMILES string of the molecule is CC/C(=C(/c1ccc(OCCCOCC(=O)Cc2ccc([C@H]3Cc4cc(F)cc5c(=O)[nH]nc(c45)[C@@H]3c3ncnn3C)cc2)cc1)c1ccc2[nH]ncc2c1)c1ccc(F)cc1Cl. The second kappa shape index (κ2) is 17.9. The summed E-state index contributed by atoms with van der Waals surface area (Å²) >= 11 is 6.59. The van der Waals surface area contributed by atoms with Crippen molar-refractivity contribution in [3.05, 3.63) is 181 Å². The minimum atomic E-state index is -0.480. The summed E-state index contributed by atoms with van der Waals surface area (Å²) in [6, 6.07) is 29.0. The van der Waals surface area contributed by atoms with Crippen LogP contribution in [0.3, 0.4) is 0 Å². The van der Waals surface area contributed by atoms with Gasteiger partial charge in [0, 0.05) is 36.6 Å². The molecule has 0 aliphatic heterocycles. The van der Waals surface area contributed by atoms with Gasteiger partial charge in [0.2, 0.25) is 0 Å². The second-order valence-electron chi connectivity index (χ2n) is 15.7. The predicted octanol–water partition coefficient (Wildman–Crippen LogP) is 9.30. The molecule has 0 radical (unpaired) electrons. The lowest BCUT2D eigenvalue weighted by molar-refractivity contribution is -0.123. The molecule has 1 aliphatic rings. The van der Waals surface area contributed by atoms with Gasteiger partial charge in [-0.2, -0.15) is 15.3 Å². The topological polar surface area (TPSA) is 141 Å². The molecule has 0 bridgehead atoms. The highest BCUT2D eigenvalue weighted by molar-refractivity contribution is 6.32. The standard InChI is InChI=1S/C49H42ClF2N7O4/c1-3-38(39-15-12-34(51)24-42(39)50)44(31-11-16-43-33(20-31)25-54-56-43)30-9-13-37(14-10-30)63-18-4-17-62-26-36(60)19-28-5-7-29(8-6-28)40-22-32-21-35(52)23-41-45(32)47(57-58-49(41)61)46(40)48-53-27-55-59(48)2/h5-16,20-21,23-25,27,40,46H,3-4,17-19,22,26H2,1-2H3,(H,54,56)(H,58,61)/b44-38+/t40-,46-/m1/s1. The van der Waals surface area contributed by atoms with Crippen LogP contribution in [0, 0.1) is 11.6 Å². The second-order valence-corrected chi connectivity index (χ2v) is 16.1. The number of aromatic amines is 2. The van der Waals surface area contributed by atoms with Crippen LogP contribution in [0.15, 0.2) is 114 Å². The number of hydrogen-bond acceptors (Lipinski definition) is 8. The van der Waals surface area contributed by atoms with E-state index in [4.69, 9.17) is 21.1 Å². The Hall–Kier alpha value is -6.83. The number of carbonyl (C=O) groups excluding carboxylic acids is 1. The van der Waals surface area contributed by atoms with Gasteiger partial charge in [-0.25, -0.2) is 18.9 Å². The Morgan fingerprint density at radius 3 is 2.49 bits per heavy atom. The van der Waals surface area contributed by atoms with Gasteiger partial charge in [0.05, 0.1) is 46.9 Å². The van der Waals surface area contributed by atoms with Gasteiger partial charge in [0.15, 0.2) is 5.78 Å². The lowest BCUT2D eigenvalue weighted by Crippen LogP contribution is -2.27. The number of halogens is 3. The van der Waals surface area contributed by atoms with E-state index in [-0.39, 0.29) is 36.0 Å². The van der Waals surface area contributed by atoms with Gasteiger partial charge in [-0.05, 0) is 106 Å². The van der Waals surface area contributed by atoms with Crippen LogP contribution in [0.25, 0.3) is 32.8 Å². The molecular formula is C49H42ClF2N7O4. The molecule has 3 aromatic heterocycles. The molecule has 0 spiro atoms. The maximum absolute atomic E-state index is 14.7. The number of nitrogens with one attached hydrogen (secondary N) is 2. The van der Waals surface area contributed by atoms with E-state index in [2.05, 4.69) is 43.5 Å². The van der Waals surface area contributed by atoms with Gasteiger partial charge in [0.1, 0.15) is 36.1 Å². The van der Waals surface area contributed by atoms with Crippen LogP contribution >= 0.6 is 11.6 Å². The summed E-state index contributed by atoms with van der Waals surface area (Å²) in [6.07, 6.45) is 5.17. The van der Waals surface area contributed by atoms with Crippen LogP contribution < -0.4 is 10.3 Å². The van der Waals surface area contributed by atoms with E-state index >= 15 is 0 Å². The molecule has 318 valence electrons. The van der Waals surface area contributed by atoms with Crippen molar-refractivity contribution in [2.75, 3.05) is 19.8 Å². The third-order valence-electron chi connectivity index (χ3n) is 11.7. The summed E-state index contributed by atoms with van der Waals surface area (Å²) in [5, 5.41) is 20.7. The number of H-pyrrole nitrogens is 2. The molecule has 0 unspecified atom stereocenters. The number of nitrogens with zero attached hydrogens (tertiary/aromatic N) is 5. The highest BCUT2D eigenvalue weighted by Crippen LogP contribution is 2.46. The zero-order valence-corrected chi connectivity index (χ0v) is 35.3. The van der Waals surface area contributed by atoms with E-state index in [9.17, 15) is 18.4 Å². The van der Waals surface area contributed by atoms with Crippen molar-refractivity contribution in [1.82, 2.24) is 35.2 Å². The molecule has 0 saturated heterocycles. The fourth-order valence-electron chi connectivity index (χ4n) is 8.77. The molecular weight excluding hydrogens is 824 g/mol. The average Bonchev–Trinajstić information content (AvgIpc) is 3.94. The van der Waals surface area contributed by atoms with Crippen molar-refractivity contribution in [2.45, 2.75) is 44.4 Å². The van der Waals surface area contributed by atoms with E-state index in [0.717, 1.165) is 49.9 Å². The number of allylic oxidation sites excluding steroid dienone is 1. The smallest absolute Gasteiger partial charge is 0.272 e. The Labute approximate surface area is 365 Å². The molecule has 3 heterocycles. The molecule has 14 heteroatoms. The van der Waals surface area contributed by atoms with Crippen LogP contribution in [0.1, 0.15) is 76.5 Å². The highest BCUT2D eigenvalue weighted by Gasteiger charge is 2.38. The van der Waals surface area contributed by atoms with Crippen molar-refractivity contribution in [3.63, 3.8) is 0 Å². The van der Waals surface area contributed by atoms with Crippen molar-refractivity contribution >= 4 is 50.2 Å². The molecule has 2 N–H and O–H groups in total. The zero-order chi connectivity index (χ0) is 43.6. The molecule has 9 rings (SSSR count). The highest BCUT2D eigenvalue weighted by atomic mass is 35.5. The molecule has 2 atom stereocenters. The van der Waals surface area contributed by atoms with Gasteiger partial charge in [-0.1, -0.05) is 67.1 Å². The summed E-state index contributed by atoms with van der Waals surface area (Å²) in [5.41, 5.74) is 8.27. The quantitative estimate of drug-likeness (QED) is 0.0768. The van der Waals surface area contributed by atoms with Crippen LogP contribution in [0.5, 0.6) is 5.75 Å². The molecule has 63 heavy (non-hydrogen) atoms. The first-order chi connectivity index (χ1) is 30.6. The first kappa shape index (κ1) is 41.5. The number of aromatic nitrogens is 7. The number of rotatable bonds is 15. The van der Waals surface area contributed by atoms with Gasteiger partial charge in [-0.3, -0.25) is 19.4 Å². The summed E-state index contributed by atoms with van der Waals surface area (Å²) in [6.45, 7) is 2.78. The lowest BCUT2D eigenvalue weighted by Gasteiger charge is -2.32. The maximum Gasteiger partial charge on any atom is 0.272 e. The van der Waals surface area contributed by atoms with E-state index in [1.165, 1.54) is 30.6 Å². The average molecular weight is 866 g/mol. The first-order valence-corrected chi connectivity index (χ1v) is 21.1. The summed E-state index contributed by atoms with van der Waals surface area (Å²) in [5.74, 6) is -0.0971. The van der Waals surface area contributed by atoms with Crippen molar-refractivity contribution in [2.24, 2.45) is 7.05 Å². The minimum Gasteiger partial charge on any atom is -0.494 e. The number of Topliss-reactive ketones (excluding diaryl/α,β-unsaturated/α-hetero) is 1. The fraction of sp³-hybridized carbons (Fsp3) is 0.224. The fourth-order valence-corrected chi connectivity index (χ4v) is 9.05. The summed E-state index contributed by atoms with van der Waals surface area (Å²) in [7, 11) is 1.81. The Kier molecular flexibility index (Phi) is 11.8. The van der Waals surface area contributed by atoms with Crippen molar-refractivity contribution < 1.29 is 23.0 Å². The van der Waals surface area contributed by atoms with Crippen molar-refractivity contribution in [3.8, 4) is 5.75 Å². The molecule has 0 saturated carbocycles. The van der Waals surface area contributed by atoms with Crippen LogP contribution in [0.2, 0.25) is 5.02 Å². The minimum absolute atomic E-state index is 0.0267. The van der Waals surface area contributed by atoms with Gasteiger partial charge in [0.25, 0.3) is 5.56 Å². The molecule has 1 aliphatic carbocycles. The number of aryl methyl sites for hydroxylation is 1. The van der Waals surface area contributed by atoms with E-state index in [1.807, 2.05) is 67.7 Å². The first-order valence-electron chi connectivity index (χ1n) is 20.7. The third kappa shape index (κ3) is 8.54.